The fraction of sp³-hybridized carbons (Fsp3) is 0.412. The van der Waals surface area contributed by atoms with Crippen LogP contribution in [0, 0.1) is 24.1 Å². The summed E-state index contributed by atoms with van der Waals surface area (Å²) < 4.78 is 24.0. The van der Waals surface area contributed by atoms with Crippen molar-refractivity contribution >= 4 is 67.8 Å². The molecule has 5 aromatic rings. The first-order chi connectivity index (χ1) is 23.6. The molecule has 254 valence electrons. The van der Waals surface area contributed by atoms with E-state index in [0.29, 0.717) is 94.4 Å². The average Bonchev–Trinajstić information content (AvgIpc) is 3.70. The second-order valence-electron chi connectivity index (χ2n) is 12.9. The number of ether oxygens (including phenoxy) is 1. The molecule has 2 atom stereocenters. The predicted molar refractivity (Wildman–Crippen MR) is 187 cm³/mol. The quantitative estimate of drug-likeness (QED) is 0.203. The highest BCUT2D eigenvalue weighted by molar-refractivity contribution is 6.36. The van der Waals surface area contributed by atoms with E-state index in [2.05, 4.69) is 36.4 Å². The van der Waals surface area contributed by atoms with Crippen molar-refractivity contribution in [1.82, 2.24) is 40.0 Å². The molecule has 7 rings (SSSR count). The molecule has 0 unspecified atom stereocenters. The Balaban J connectivity index is 1.39. The number of carbonyl (C=O) groups is 1. The van der Waals surface area contributed by atoms with E-state index in [4.69, 9.17) is 32.9 Å². The van der Waals surface area contributed by atoms with E-state index in [9.17, 15) is 10.1 Å². The smallest absolute Gasteiger partial charge is 0.246 e. The Labute approximate surface area is 292 Å². The van der Waals surface area contributed by atoms with Crippen LogP contribution in [0.5, 0.6) is 0 Å². The first kappa shape index (κ1) is 33.2. The number of aromatic amines is 1. The van der Waals surface area contributed by atoms with Gasteiger partial charge in [-0.05, 0) is 51.6 Å². The second kappa shape index (κ2) is 13.2. The number of aromatic nitrogens is 6. The molecule has 0 spiro atoms. The van der Waals surface area contributed by atoms with Gasteiger partial charge in [-0.1, -0.05) is 34.5 Å². The molecule has 12 nitrogen and oxygen atoms in total. The van der Waals surface area contributed by atoms with E-state index in [1.807, 2.05) is 25.7 Å². The number of nitrogens with one attached hydrogen (secondary N) is 1. The summed E-state index contributed by atoms with van der Waals surface area (Å²) in [5, 5.41) is 27.8. The van der Waals surface area contributed by atoms with Crippen molar-refractivity contribution in [3.05, 3.63) is 51.9 Å². The number of methoxy groups -OCH3 is 1. The topological polar surface area (TPSA) is 132 Å². The number of hydrogen-bond donors (Lipinski definition) is 1. The van der Waals surface area contributed by atoms with Crippen LogP contribution in [0.3, 0.4) is 0 Å². The lowest BCUT2D eigenvalue weighted by atomic mass is 9.93. The average molecular weight is 706 g/mol. The maximum absolute atomic E-state index is 17.2. The molecule has 49 heavy (non-hydrogen) atoms. The molecular weight excluding hydrogens is 670 g/mol. The van der Waals surface area contributed by atoms with Crippen LogP contribution in [0.25, 0.3) is 44.0 Å². The van der Waals surface area contributed by atoms with E-state index in [1.165, 1.54) is 6.08 Å². The number of rotatable bonds is 8. The third-order valence-electron chi connectivity index (χ3n) is 9.82. The Morgan fingerprint density at radius 3 is 2.73 bits per heavy atom. The van der Waals surface area contributed by atoms with Crippen LogP contribution in [0.2, 0.25) is 10.0 Å². The summed E-state index contributed by atoms with van der Waals surface area (Å²) in [5.41, 5.74) is 3.35. The number of anilines is 1. The zero-order valence-electron chi connectivity index (χ0n) is 27.5. The molecule has 0 saturated carbocycles. The number of likely N-dealkylation sites (tertiary alicyclic amines) is 1. The summed E-state index contributed by atoms with van der Waals surface area (Å²) in [6.45, 7) is 3.94. The summed E-state index contributed by atoms with van der Waals surface area (Å²) in [6, 6.07) is 5.47. The number of benzene rings is 2. The van der Waals surface area contributed by atoms with Gasteiger partial charge in [0.05, 0.1) is 41.9 Å². The standard InChI is InChI=1S/C34H35Cl2FN10O2/c1-18-24(35)14-26-23(15-39-41-26)28(18)29-25(36)13-22-31(30(29)37)40-34(45-16-21(17-45)44(2)3)32-33(22)47(43-42-32)20-8-10-46(19(12-20)7-9-38)27(48)6-5-11-49-4/h5-6,13-15,19-21H,7-8,10-12,16-17H2,1-4H3,(H,39,41)/b6-5+/t19-,20+/m1/s1. The van der Waals surface area contributed by atoms with Crippen LogP contribution in [-0.4, -0.2) is 105 Å². The highest BCUT2D eigenvalue weighted by atomic mass is 35.5. The van der Waals surface area contributed by atoms with Gasteiger partial charge in [0, 0.05) is 71.8 Å². The first-order valence-electron chi connectivity index (χ1n) is 16.1. The third kappa shape index (κ3) is 5.66. The van der Waals surface area contributed by atoms with Gasteiger partial charge in [0.1, 0.15) is 11.0 Å². The Kier molecular flexibility index (Phi) is 8.91. The molecular formula is C34H35Cl2FN10O2. The molecule has 15 heteroatoms. The van der Waals surface area contributed by atoms with Gasteiger partial charge in [-0.15, -0.1) is 5.10 Å². The lowest BCUT2D eigenvalue weighted by Gasteiger charge is -2.43. The molecule has 0 bridgehead atoms. The van der Waals surface area contributed by atoms with Gasteiger partial charge < -0.3 is 19.4 Å². The summed E-state index contributed by atoms with van der Waals surface area (Å²) in [6.07, 6.45) is 5.97. The maximum atomic E-state index is 17.2. The largest absolute Gasteiger partial charge is 0.381 e. The minimum atomic E-state index is -0.582. The van der Waals surface area contributed by atoms with E-state index >= 15 is 4.39 Å². The van der Waals surface area contributed by atoms with Gasteiger partial charge in [0.25, 0.3) is 0 Å². The number of halogens is 3. The van der Waals surface area contributed by atoms with Crippen molar-refractivity contribution in [2.24, 2.45) is 0 Å². The Bertz CT molecular complexity index is 2170. The van der Waals surface area contributed by atoms with E-state index in [-0.39, 0.29) is 40.5 Å². The van der Waals surface area contributed by atoms with Crippen molar-refractivity contribution in [2.75, 3.05) is 52.3 Å². The molecule has 0 radical (unpaired) electrons. The monoisotopic (exact) mass is 704 g/mol. The lowest BCUT2D eigenvalue weighted by molar-refractivity contribution is -0.130. The Morgan fingerprint density at radius 1 is 1.20 bits per heavy atom. The number of likely N-dealkylation sites (N-methyl/N-ethyl adjacent to an activating group) is 1. The van der Waals surface area contributed by atoms with Gasteiger partial charge in [-0.2, -0.15) is 10.4 Å². The number of nitrogens with zero attached hydrogens (tertiary/aromatic N) is 9. The number of piperidine rings is 1. The molecule has 2 saturated heterocycles. The molecule has 3 aromatic heterocycles. The zero-order valence-corrected chi connectivity index (χ0v) is 29.1. The predicted octanol–water partition coefficient (Wildman–Crippen LogP) is 5.68. The van der Waals surface area contributed by atoms with Gasteiger partial charge in [-0.25, -0.2) is 14.1 Å². The Morgan fingerprint density at radius 2 is 2.00 bits per heavy atom. The summed E-state index contributed by atoms with van der Waals surface area (Å²) in [7, 11) is 5.62. The van der Waals surface area contributed by atoms with Crippen molar-refractivity contribution < 1.29 is 13.9 Å². The Hall–Kier alpha value is -4.35. The van der Waals surface area contributed by atoms with Crippen molar-refractivity contribution in [3.8, 4) is 17.2 Å². The molecule has 2 fully saturated rings. The van der Waals surface area contributed by atoms with Crippen molar-refractivity contribution in [1.29, 1.82) is 5.26 Å². The zero-order chi connectivity index (χ0) is 34.6. The summed E-state index contributed by atoms with van der Waals surface area (Å²) in [4.78, 5) is 23.9. The van der Waals surface area contributed by atoms with Crippen molar-refractivity contribution in [2.45, 2.75) is 44.3 Å². The molecule has 2 aliphatic rings. The number of fused-ring (bicyclic) bond motifs is 4. The fourth-order valence-corrected chi connectivity index (χ4v) is 7.57. The molecule has 1 amide bonds. The van der Waals surface area contributed by atoms with Gasteiger partial charge in [0.2, 0.25) is 5.91 Å². The van der Waals surface area contributed by atoms with E-state index in [0.717, 1.165) is 0 Å². The van der Waals surface area contributed by atoms with Crippen LogP contribution in [0.1, 0.15) is 30.9 Å². The number of amides is 1. The number of hydrogen-bond acceptors (Lipinski definition) is 9. The minimum absolute atomic E-state index is 0.138. The molecule has 0 aliphatic carbocycles. The SMILES string of the molecule is COC/C=C/C(=O)N1CC[C@H](n2nnc3c(N4CC(N(C)C)C4)nc4c(F)c(-c5c(C)c(Cl)cc6[nH]ncc56)c(Cl)cc4c32)C[C@H]1CC#N. The molecule has 2 aliphatic heterocycles. The number of H-pyrrole nitrogens is 1. The van der Waals surface area contributed by atoms with Crippen molar-refractivity contribution in [3.63, 3.8) is 0 Å². The van der Waals surface area contributed by atoms with Gasteiger partial charge in [-0.3, -0.25) is 9.89 Å². The molecule has 1 N–H and O–H groups in total. The number of pyridine rings is 1. The van der Waals surface area contributed by atoms with Crippen LogP contribution in [-0.2, 0) is 9.53 Å². The van der Waals surface area contributed by atoms with Crippen LogP contribution in [0.4, 0.5) is 10.2 Å². The fourth-order valence-electron chi connectivity index (χ4n) is 7.08. The first-order valence-corrected chi connectivity index (χ1v) is 16.8. The number of carbonyl (C=O) groups excluding carboxylic acids is 1. The molecule has 2 aromatic carbocycles. The van der Waals surface area contributed by atoms with E-state index < -0.39 is 5.82 Å². The van der Waals surface area contributed by atoms with E-state index in [1.54, 1.807) is 36.4 Å². The maximum Gasteiger partial charge on any atom is 0.246 e. The minimum Gasteiger partial charge on any atom is -0.381 e. The summed E-state index contributed by atoms with van der Waals surface area (Å²) in [5.74, 6) is -0.213. The van der Waals surface area contributed by atoms with Gasteiger partial charge in [0.15, 0.2) is 17.2 Å². The second-order valence-corrected chi connectivity index (χ2v) is 13.7. The normalized spacial score (nSPS) is 18.8. The van der Waals surface area contributed by atoms with Crippen LogP contribution >= 0.6 is 23.2 Å². The molecule has 5 heterocycles. The van der Waals surface area contributed by atoms with Crippen LogP contribution in [0.15, 0.2) is 30.5 Å². The van der Waals surface area contributed by atoms with Crippen LogP contribution < -0.4 is 4.90 Å². The highest BCUT2D eigenvalue weighted by Gasteiger charge is 2.36. The lowest BCUT2D eigenvalue weighted by Crippen LogP contribution is -2.57. The number of nitriles is 1. The third-order valence-corrected chi connectivity index (χ3v) is 10.5. The van der Waals surface area contributed by atoms with Gasteiger partial charge >= 0.3 is 0 Å². The highest BCUT2D eigenvalue weighted by Crippen LogP contribution is 2.45. The summed E-state index contributed by atoms with van der Waals surface area (Å²) >= 11 is 13.6.